The molecule has 0 bridgehead atoms. The Balaban J connectivity index is 1.81. The molecule has 0 aliphatic carbocycles. The van der Waals surface area contributed by atoms with Crippen molar-refractivity contribution in [2.45, 2.75) is 6.10 Å². The van der Waals surface area contributed by atoms with Crippen LogP contribution in [0, 0.1) is 11.6 Å². The van der Waals surface area contributed by atoms with Crippen LogP contribution in [-0.4, -0.2) is 24.4 Å². The first kappa shape index (κ1) is 15.5. The second-order valence-corrected chi connectivity index (χ2v) is 4.81. The third-order valence-electron chi connectivity index (χ3n) is 2.73. The second kappa shape index (κ2) is 7.24. The molecule has 0 amide bonds. The molecule has 1 unspecified atom stereocenters. The number of para-hydroxylation sites is 1. The Hall–Kier alpha value is -1.85. The minimum Gasteiger partial charge on any atom is -0.488 e. The quantitative estimate of drug-likeness (QED) is 0.858. The van der Waals surface area contributed by atoms with Gasteiger partial charge in [-0.05, 0) is 30.3 Å². The molecule has 21 heavy (non-hydrogen) atoms. The molecule has 0 aliphatic rings. The van der Waals surface area contributed by atoms with E-state index in [0.717, 1.165) is 0 Å². The summed E-state index contributed by atoms with van der Waals surface area (Å²) in [5, 5.41) is 12.6. The second-order valence-electron chi connectivity index (χ2n) is 4.41. The van der Waals surface area contributed by atoms with Crippen LogP contribution in [0.15, 0.2) is 42.5 Å². The van der Waals surface area contributed by atoms with Crippen LogP contribution in [0.2, 0.25) is 5.02 Å². The molecule has 0 fully saturated rings. The maximum absolute atomic E-state index is 13.3. The molecule has 0 saturated heterocycles. The molecule has 0 spiro atoms. The van der Waals surface area contributed by atoms with Gasteiger partial charge < -0.3 is 15.2 Å². The van der Waals surface area contributed by atoms with Gasteiger partial charge in [0.15, 0.2) is 11.6 Å². The van der Waals surface area contributed by atoms with E-state index in [1.807, 2.05) is 0 Å². The number of nitrogens with one attached hydrogen (secondary N) is 1. The van der Waals surface area contributed by atoms with E-state index in [1.54, 1.807) is 18.2 Å². The van der Waals surface area contributed by atoms with Gasteiger partial charge in [-0.25, -0.2) is 8.78 Å². The van der Waals surface area contributed by atoms with Crippen molar-refractivity contribution in [3.63, 3.8) is 0 Å². The maximum atomic E-state index is 13.3. The largest absolute Gasteiger partial charge is 0.488 e. The first-order valence-corrected chi connectivity index (χ1v) is 6.68. The zero-order chi connectivity index (χ0) is 15.2. The van der Waals surface area contributed by atoms with E-state index in [9.17, 15) is 13.9 Å². The lowest BCUT2D eigenvalue weighted by molar-refractivity contribution is 0.115. The number of ether oxygens (including phenoxy) is 1. The molecule has 112 valence electrons. The van der Waals surface area contributed by atoms with Gasteiger partial charge in [-0.15, -0.1) is 0 Å². The topological polar surface area (TPSA) is 41.5 Å². The molecular weight excluding hydrogens is 300 g/mol. The van der Waals surface area contributed by atoms with Crippen molar-refractivity contribution in [3.05, 3.63) is 59.1 Å². The van der Waals surface area contributed by atoms with Gasteiger partial charge in [0.25, 0.3) is 0 Å². The number of hydrogen-bond donors (Lipinski definition) is 2. The molecule has 0 saturated carbocycles. The fraction of sp³-hybridized carbons (Fsp3) is 0.200. The lowest BCUT2D eigenvalue weighted by atomic mass is 10.3. The molecular formula is C15H14ClF2NO2. The van der Waals surface area contributed by atoms with Crippen molar-refractivity contribution < 1.29 is 18.6 Å². The van der Waals surface area contributed by atoms with E-state index in [2.05, 4.69) is 5.32 Å². The number of benzene rings is 2. The summed E-state index contributed by atoms with van der Waals surface area (Å²) >= 11 is 5.57. The van der Waals surface area contributed by atoms with Gasteiger partial charge in [-0.2, -0.15) is 0 Å². The predicted octanol–water partition coefficient (Wildman–Crippen LogP) is 3.47. The molecule has 0 aromatic heterocycles. The lowest BCUT2D eigenvalue weighted by Crippen LogP contribution is -2.26. The molecule has 2 rings (SSSR count). The summed E-state index contributed by atoms with van der Waals surface area (Å²) in [4.78, 5) is 0. The molecule has 1 atom stereocenters. The monoisotopic (exact) mass is 313 g/mol. The highest BCUT2D eigenvalue weighted by atomic mass is 35.5. The summed E-state index contributed by atoms with van der Waals surface area (Å²) in [5.41, 5.74) is 0.488. The van der Waals surface area contributed by atoms with Gasteiger partial charge in [0.2, 0.25) is 0 Å². The standard InChI is InChI=1S/C15H14ClF2NO2/c16-12-6-5-10(7-14(12)18)19-8-11(20)9-21-15-4-2-1-3-13(15)17/h1-7,11,19-20H,8-9H2. The van der Waals surface area contributed by atoms with Crippen molar-refractivity contribution in [1.29, 1.82) is 0 Å². The normalized spacial score (nSPS) is 12.0. The van der Waals surface area contributed by atoms with E-state index >= 15 is 0 Å². The van der Waals surface area contributed by atoms with E-state index in [1.165, 1.54) is 24.3 Å². The number of rotatable bonds is 6. The summed E-state index contributed by atoms with van der Waals surface area (Å²) in [6.07, 6.45) is -0.872. The highest BCUT2D eigenvalue weighted by Gasteiger charge is 2.08. The Morgan fingerprint density at radius 3 is 2.62 bits per heavy atom. The molecule has 0 aliphatic heterocycles. The zero-order valence-corrected chi connectivity index (χ0v) is 11.8. The fourth-order valence-corrected chi connectivity index (χ4v) is 1.77. The average Bonchev–Trinajstić information content (AvgIpc) is 2.47. The first-order valence-electron chi connectivity index (χ1n) is 6.30. The van der Waals surface area contributed by atoms with Crippen LogP contribution >= 0.6 is 11.6 Å². The van der Waals surface area contributed by atoms with Gasteiger partial charge in [-0.3, -0.25) is 0 Å². The van der Waals surface area contributed by atoms with Crippen LogP contribution in [0.25, 0.3) is 0 Å². The molecule has 6 heteroatoms. The summed E-state index contributed by atoms with van der Waals surface area (Å²) in [5.74, 6) is -0.953. The third-order valence-corrected chi connectivity index (χ3v) is 3.04. The Morgan fingerprint density at radius 1 is 1.14 bits per heavy atom. The maximum Gasteiger partial charge on any atom is 0.165 e. The number of hydrogen-bond acceptors (Lipinski definition) is 3. The summed E-state index contributed by atoms with van der Waals surface area (Å²) in [6.45, 7) is 0.0551. The Kier molecular flexibility index (Phi) is 5.36. The molecule has 2 aromatic carbocycles. The Morgan fingerprint density at radius 2 is 1.90 bits per heavy atom. The van der Waals surface area contributed by atoms with Crippen molar-refractivity contribution >= 4 is 17.3 Å². The number of aliphatic hydroxyl groups is 1. The van der Waals surface area contributed by atoms with Gasteiger partial charge in [0.1, 0.15) is 18.5 Å². The Labute approximate surface area is 126 Å². The molecule has 2 N–H and O–H groups in total. The number of halogens is 3. The van der Waals surface area contributed by atoms with Crippen LogP contribution in [0.3, 0.4) is 0 Å². The van der Waals surface area contributed by atoms with Crippen molar-refractivity contribution in [3.8, 4) is 5.75 Å². The SMILES string of the molecule is OC(CNc1ccc(Cl)c(F)c1)COc1ccccc1F. The third kappa shape index (κ3) is 4.58. The number of anilines is 1. The van der Waals surface area contributed by atoms with Crippen molar-refractivity contribution in [2.24, 2.45) is 0 Å². The van der Waals surface area contributed by atoms with Gasteiger partial charge in [-0.1, -0.05) is 23.7 Å². The van der Waals surface area contributed by atoms with E-state index in [4.69, 9.17) is 16.3 Å². The summed E-state index contributed by atoms with van der Waals surface area (Å²) < 4.78 is 31.7. The average molecular weight is 314 g/mol. The molecule has 0 heterocycles. The van der Waals surface area contributed by atoms with E-state index in [-0.39, 0.29) is 23.9 Å². The van der Waals surface area contributed by atoms with Gasteiger partial charge in [0, 0.05) is 12.2 Å². The first-order chi connectivity index (χ1) is 10.1. The molecule has 2 aromatic rings. The van der Waals surface area contributed by atoms with Gasteiger partial charge in [0.05, 0.1) is 5.02 Å². The number of aliphatic hydroxyl groups excluding tert-OH is 1. The summed E-state index contributed by atoms with van der Waals surface area (Å²) in [7, 11) is 0. The van der Waals surface area contributed by atoms with Crippen LogP contribution in [0.4, 0.5) is 14.5 Å². The van der Waals surface area contributed by atoms with E-state index < -0.39 is 17.7 Å². The van der Waals surface area contributed by atoms with Gasteiger partial charge >= 0.3 is 0 Å². The summed E-state index contributed by atoms with van der Waals surface area (Å²) in [6, 6.07) is 10.2. The highest BCUT2D eigenvalue weighted by molar-refractivity contribution is 6.30. The smallest absolute Gasteiger partial charge is 0.165 e. The predicted molar refractivity (Wildman–Crippen MR) is 77.8 cm³/mol. The van der Waals surface area contributed by atoms with Crippen LogP contribution in [0.5, 0.6) is 5.75 Å². The minimum atomic E-state index is -0.872. The van der Waals surface area contributed by atoms with E-state index in [0.29, 0.717) is 5.69 Å². The molecule has 0 radical (unpaired) electrons. The zero-order valence-electron chi connectivity index (χ0n) is 11.0. The van der Waals surface area contributed by atoms with Crippen molar-refractivity contribution in [1.82, 2.24) is 0 Å². The highest BCUT2D eigenvalue weighted by Crippen LogP contribution is 2.19. The van der Waals surface area contributed by atoms with Crippen LogP contribution in [-0.2, 0) is 0 Å². The molecule has 3 nitrogen and oxygen atoms in total. The lowest BCUT2D eigenvalue weighted by Gasteiger charge is -2.14. The minimum absolute atomic E-state index is 0.0315. The van der Waals surface area contributed by atoms with Crippen molar-refractivity contribution in [2.75, 3.05) is 18.5 Å². The fourth-order valence-electron chi connectivity index (χ4n) is 1.65. The van der Waals surface area contributed by atoms with Crippen LogP contribution < -0.4 is 10.1 Å². The Bertz CT molecular complexity index is 610. The van der Waals surface area contributed by atoms with Crippen LogP contribution in [0.1, 0.15) is 0 Å².